The Labute approximate surface area is 95.9 Å². The monoisotopic (exact) mass is 273 g/mol. The molecule has 0 radical (unpaired) electrons. The molecular weight excluding hydrogens is 262 g/mol. The molecule has 1 fully saturated rings. The number of ketones is 1. The summed E-state index contributed by atoms with van der Waals surface area (Å²) in [4.78, 5) is 12.0. The molecule has 1 aromatic rings. The maximum Gasteiger partial charge on any atom is 0.211 e. The van der Waals surface area contributed by atoms with Crippen molar-refractivity contribution in [1.29, 1.82) is 0 Å². The molecule has 0 amide bonds. The zero-order valence-electron chi connectivity index (χ0n) is 8.36. The van der Waals surface area contributed by atoms with Crippen molar-refractivity contribution >= 4 is 21.7 Å². The first kappa shape index (κ1) is 10.8. The third-order valence-corrected chi connectivity index (χ3v) is 2.93. The average molecular weight is 274 g/mol. The second-order valence-corrected chi connectivity index (χ2v) is 4.25. The second kappa shape index (κ2) is 4.42. The molecule has 6 heteroatoms. The maximum absolute atomic E-state index is 12.0. The lowest BCUT2D eigenvalue weighted by Gasteiger charge is -2.22. The number of ether oxygens (including phenoxy) is 1. The number of rotatable bonds is 2. The summed E-state index contributed by atoms with van der Waals surface area (Å²) in [7, 11) is 1.74. The molecule has 5 nitrogen and oxygen atoms in total. The van der Waals surface area contributed by atoms with Crippen LogP contribution in [0.5, 0.6) is 0 Å². The van der Waals surface area contributed by atoms with E-state index in [0.29, 0.717) is 23.3 Å². The van der Waals surface area contributed by atoms with Gasteiger partial charge in [0.15, 0.2) is 0 Å². The van der Waals surface area contributed by atoms with Gasteiger partial charge in [-0.3, -0.25) is 9.48 Å². The molecule has 1 aliphatic heterocycles. The normalized spacial score (nSPS) is 21.6. The fourth-order valence-corrected chi connectivity index (χ4v) is 2.12. The lowest BCUT2D eigenvalue weighted by atomic mass is 10.1. The Bertz CT molecular complexity index is 352. The Kier molecular flexibility index (Phi) is 3.18. The summed E-state index contributed by atoms with van der Waals surface area (Å²) in [5.74, 6) is -0.0333. The van der Waals surface area contributed by atoms with Gasteiger partial charge in [-0.1, -0.05) is 0 Å². The van der Waals surface area contributed by atoms with E-state index in [1.807, 2.05) is 0 Å². The molecule has 2 heterocycles. The number of nitrogens with one attached hydrogen (secondary N) is 1. The van der Waals surface area contributed by atoms with Gasteiger partial charge in [0.05, 0.1) is 17.3 Å². The number of morpholine rings is 1. The van der Waals surface area contributed by atoms with Crippen molar-refractivity contribution in [3.05, 3.63) is 16.4 Å². The van der Waals surface area contributed by atoms with E-state index in [9.17, 15) is 4.79 Å². The lowest BCUT2D eigenvalue weighted by Crippen LogP contribution is -2.43. The Hall–Kier alpha value is -0.720. The van der Waals surface area contributed by atoms with Gasteiger partial charge in [-0.2, -0.15) is 5.10 Å². The summed E-state index contributed by atoms with van der Waals surface area (Å²) in [5, 5.41) is 7.13. The van der Waals surface area contributed by atoms with Gasteiger partial charge in [-0.05, 0) is 15.9 Å². The van der Waals surface area contributed by atoms with Crippen molar-refractivity contribution in [3.8, 4) is 0 Å². The van der Waals surface area contributed by atoms with Crippen LogP contribution >= 0.6 is 15.9 Å². The van der Waals surface area contributed by atoms with E-state index in [-0.39, 0.29) is 5.78 Å². The summed E-state index contributed by atoms with van der Waals surface area (Å²) < 4.78 is 7.67. The maximum atomic E-state index is 12.0. The molecule has 1 saturated heterocycles. The standard InChI is InChI=1S/C9H12BrN3O2/c1-13-8(6(10)4-12-13)9(14)7-5-11-2-3-15-7/h4,7,11H,2-3,5H2,1H3. The molecule has 1 N–H and O–H groups in total. The minimum Gasteiger partial charge on any atom is -0.367 e. The molecule has 0 bridgehead atoms. The molecule has 1 atom stereocenters. The van der Waals surface area contributed by atoms with Crippen molar-refractivity contribution in [2.75, 3.05) is 19.7 Å². The topological polar surface area (TPSA) is 56.2 Å². The van der Waals surface area contributed by atoms with Gasteiger partial charge >= 0.3 is 0 Å². The highest BCUT2D eigenvalue weighted by Gasteiger charge is 2.27. The molecule has 82 valence electrons. The number of nitrogens with zero attached hydrogens (tertiary/aromatic N) is 2. The molecule has 0 aromatic carbocycles. The Morgan fingerprint density at radius 3 is 3.13 bits per heavy atom. The molecule has 1 aromatic heterocycles. The van der Waals surface area contributed by atoms with Gasteiger partial charge in [-0.15, -0.1) is 0 Å². The van der Waals surface area contributed by atoms with Gasteiger partial charge in [-0.25, -0.2) is 0 Å². The van der Waals surface area contributed by atoms with Crippen LogP contribution in [-0.4, -0.2) is 41.4 Å². The zero-order chi connectivity index (χ0) is 10.8. The number of aryl methyl sites for hydroxylation is 1. The summed E-state index contributed by atoms with van der Waals surface area (Å²) in [6.45, 7) is 1.94. The highest BCUT2D eigenvalue weighted by molar-refractivity contribution is 9.10. The first-order valence-corrected chi connectivity index (χ1v) is 5.53. The molecule has 15 heavy (non-hydrogen) atoms. The zero-order valence-corrected chi connectivity index (χ0v) is 9.95. The van der Waals surface area contributed by atoms with Gasteiger partial charge in [0.2, 0.25) is 5.78 Å². The minimum absolute atomic E-state index is 0.0333. The van der Waals surface area contributed by atoms with Crippen molar-refractivity contribution < 1.29 is 9.53 Å². The van der Waals surface area contributed by atoms with Crippen LogP contribution in [-0.2, 0) is 11.8 Å². The van der Waals surface area contributed by atoms with E-state index in [1.54, 1.807) is 17.9 Å². The molecule has 1 unspecified atom stereocenters. The highest BCUT2D eigenvalue weighted by atomic mass is 79.9. The summed E-state index contributed by atoms with van der Waals surface area (Å²) in [6.07, 6.45) is 1.22. The first-order valence-electron chi connectivity index (χ1n) is 4.74. The molecule has 1 aliphatic rings. The number of hydrogen-bond acceptors (Lipinski definition) is 4. The summed E-state index contributed by atoms with van der Waals surface area (Å²) in [5.41, 5.74) is 0.559. The van der Waals surface area contributed by atoms with E-state index >= 15 is 0 Å². The Balaban J connectivity index is 2.19. The van der Waals surface area contributed by atoms with E-state index < -0.39 is 6.10 Å². The minimum atomic E-state index is -0.398. The average Bonchev–Trinajstić information content (AvgIpc) is 2.59. The van der Waals surface area contributed by atoms with E-state index in [2.05, 4.69) is 26.3 Å². The fraction of sp³-hybridized carbons (Fsp3) is 0.556. The third-order valence-electron chi connectivity index (χ3n) is 2.35. The van der Waals surface area contributed by atoms with Crippen LogP contribution in [0.3, 0.4) is 0 Å². The van der Waals surface area contributed by atoms with Crippen LogP contribution in [0, 0.1) is 0 Å². The highest BCUT2D eigenvalue weighted by Crippen LogP contribution is 2.18. The van der Waals surface area contributed by atoms with E-state index in [0.717, 1.165) is 6.54 Å². The van der Waals surface area contributed by atoms with Crippen molar-refractivity contribution in [2.24, 2.45) is 7.05 Å². The SMILES string of the molecule is Cn1ncc(Br)c1C(=O)C1CNCCO1. The number of halogens is 1. The smallest absolute Gasteiger partial charge is 0.211 e. The molecule has 0 spiro atoms. The van der Waals surface area contributed by atoms with Gasteiger partial charge < -0.3 is 10.1 Å². The van der Waals surface area contributed by atoms with Crippen LogP contribution in [0.2, 0.25) is 0 Å². The van der Waals surface area contributed by atoms with Crippen molar-refractivity contribution in [2.45, 2.75) is 6.10 Å². The number of Topliss-reactive ketones (excluding diaryl/α,β-unsaturated/α-hetero) is 1. The molecular formula is C9H12BrN3O2. The van der Waals surface area contributed by atoms with Crippen LogP contribution in [0.25, 0.3) is 0 Å². The van der Waals surface area contributed by atoms with Crippen LogP contribution in [0.1, 0.15) is 10.5 Å². The predicted molar refractivity (Wildman–Crippen MR) is 57.8 cm³/mol. The lowest BCUT2D eigenvalue weighted by molar-refractivity contribution is 0.0261. The van der Waals surface area contributed by atoms with Crippen molar-refractivity contribution in [1.82, 2.24) is 15.1 Å². The Morgan fingerprint density at radius 2 is 2.60 bits per heavy atom. The molecule has 0 saturated carbocycles. The van der Waals surface area contributed by atoms with Crippen LogP contribution < -0.4 is 5.32 Å². The largest absolute Gasteiger partial charge is 0.367 e. The predicted octanol–water partition coefficient (Wildman–Crippen LogP) is 0.354. The number of hydrogen-bond donors (Lipinski definition) is 1. The fourth-order valence-electron chi connectivity index (χ4n) is 1.57. The number of carbonyl (C=O) groups excluding carboxylic acids is 1. The summed E-state index contributed by atoms with van der Waals surface area (Å²) >= 11 is 3.30. The van der Waals surface area contributed by atoms with Crippen LogP contribution in [0.4, 0.5) is 0 Å². The summed E-state index contributed by atoms with van der Waals surface area (Å²) in [6, 6.07) is 0. The quantitative estimate of drug-likeness (QED) is 0.791. The number of carbonyl (C=O) groups is 1. The molecule has 2 rings (SSSR count). The van der Waals surface area contributed by atoms with Gasteiger partial charge in [0, 0.05) is 20.1 Å². The number of aromatic nitrogens is 2. The third kappa shape index (κ3) is 2.11. The second-order valence-electron chi connectivity index (χ2n) is 3.39. The first-order chi connectivity index (χ1) is 7.20. The van der Waals surface area contributed by atoms with Gasteiger partial charge in [0.1, 0.15) is 11.8 Å². The van der Waals surface area contributed by atoms with Gasteiger partial charge in [0.25, 0.3) is 0 Å². The van der Waals surface area contributed by atoms with E-state index in [4.69, 9.17) is 4.74 Å². The molecule has 0 aliphatic carbocycles. The van der Waals surface area contributed by atoms with E-state index in [1.165, 1.54) is 0 Å². The van der Waals surface area contributed by atoms with Crippen molar-refractivity contribution in [3.63, 3.8) is 0 Å². The van der Waals surface area contributed by atoms with Crippen LogP contribution in [0.15, 0.2) is 10.7 Å². The Morgan fingerprint density at radius 1 is 1.80 bits per heavy atom.